The monoisotopic (exact) mass is 413 g/mol. The van der Waals surface area contributed by atoms with Crippen LogP contribution < -0.4 is 0 Å². The molecule has 0 radical (unpaired) electrons. The van der Waals surface area contributed by atoms with Crippen molar-refractivity contribution in [1.82, 2.24) is 4.90 Å². The molecule has 1 aromatic carbocycles. The fourth-order valence-electron chi connectivity index (χ4n) is 4.26. The third kappa shape index (κ3) is 3.82. The highest BCUT2D eigenvalue weighted by Crippen LogP contribution is 2.47. The summed E-state index contributed by atoms with van der Waals surface area (Å²) < 4.78 is 5.99. The van der Waals surface area contributed by atoms with Gasteiger partial charge in [0.2, 0.25) is 0 Å². The van der Waals surface area contributed by atoms with Gasteiger partial charge in [-0.15, -0.1) is 0 Å². The van der Waals surface area contributed by atoms with Crippen molar-refractivity contribution in [3.8, 4) is 0 Å². The average molecular weight is 414 g/mol. The number of benzene rings is 1. The zero-order valence-electron chi connectivity index (χ0n) is 15.8. The summed E-state index contributed by atoms with van der Waals surface area (Å²) in [6, 6.07) is 3.60. The molecule has 1 amide bonds. The maximum Gasteiger partial charge on any atom is 0.328 e. The minimum atomic E-state index is -1.06. The molecule has 1 unspecified atom stereocenters. The largest absolute Gasteiger partial charge is 0.480 e. The zero-order valence-corrected chi connectivity index (χ0v) is 17.3. The molecule has 27 heavy (non-hydrogen) atoms. The van der Waals surface area contributed by atoms with Crippen molar-refractivity contribution in [3.63, 3.8) is 0 Å². The van der Waals surface area contributed by atoms with Crippen LogP contribution in [0.2, 0.25) is 10.0 Å². The molecule has 1 spiro atoms. The molecule has 1 aliphatic carbocycles. The first-order chi connectivity index (χ1) is 12.5. The van der Waals surface area contributed by atoms with Crippen molar-refractivity contribution in [2.75, 3.05) is 6.61 Å². The van der Waals surface area contributed by atoms with E-state index in [0.717, 1.165) is 12.8 Å². The number of ether oxygens (including phenoxy) is 1. The van der Waals surface area contributed by atoms with Crippen LogP contribution in [0.1, 0.15) is 56.8 Å². The minimum Gasteiger partial charge on any atom is -0.480 e. The number of nitrogens with zero attached hydrogens (tertiary/aromatic N) is 1. The fraction of sp³-hybridized carbons (Fsp3) is 0.600. The summed E-state index contributed by atoms with van der Waals surface area (Å²) in [4.78, 5) is 26.5. The Bertz CT molecular complexity index is 751. The van der Waals surface area contributed by atoms with Crippen LogP contribution in [0, 0.1) is 11.3 Å². The molecule has 1 saturated heterocycles. The van der Waals surface area contributed by atoms with E-state index in [1.807, 2.05) is 0 Å². The number of rotatable bonds is 2. The van der Waals surface area contributed by atoms with Crippen molar-refractivity contribution in [1.29, 1.82) is 0 Å². The predicted octanol–water partition coefficient (Wildman–Crippen LogP) is 4.85. The number of carboxylic acid groups (broad SMARTS) is 1. The zero-order chi connectivity index (χ0) is 20.0. The minimum absolute atomic E-state index is 0.00256. The first kappa shape index (κ1) is 20.4. The first-order valence-corrected chi connectivity index (χ1v) is 9.96. The number of hydrogen-bond acceptors (Lipinski definition) is 3. The summed E-state index contributed by atoms with van der Waals surface area (Å²) in [5.74, 6) is -0.927. The van der Waals surface area contributed by atoms with Crippen LogP contribution in [0.3, 0.4) is 0 Å². The van der Waals surface area contributed by atoms with Gasteiger partial charge in [-0.1, -0.05) is 44.0 Å². The van der Waals surface area contributed by atoms with Gasteiger partial charge in [-0.05, 0) is 55.2 Å². The molecular formula is C20H25Cl2NO4. The molecule has 2 aliphatic rings. The molecule has 1 atom stereocenters. The van der Waals surface area contributed by atoms with E-state index in [1.165, 1.54) is 11.0 Å². The highest BCUT2D eigenvalue weighted by atomic mass is 35.5. The first-order valence-electron chi connectivity index (χ1n) is 9.21. The van der Waals surface area contributed by atoms with Crippen LogP contribution in [0.15, 0.2) is 18.2 Å². The number of amides is 1. The highest BCUT2D eigenvalue weighted by molar-refractivity contribution is 6.42. The van der Waals surface area contributed by atoms with Gasteiger partial charge in [0, 0.05) is 5.56 Å². The van der Waals surface area contributed by atoms with Gasteiger partial charge in [0.15, 0.2) is 6.04 Å². The Morgan fingerprint density at radius 2 is 1.81 bits per heavy atom. The Morgan fingerprint density at radius 1 is 1.19 bits per heavy atom. The Hall–Kier alpha value is -1.30. The van der Waals surface area contributed by atoms with Gasteiger partial charge in [0.05, 0.1) is 16.7 Å². The van der Waals surface area contributed by atoms with Crippen LogP contribution >= 0.6 is 23.2 Å². The second-order valence-electron chi connectivity index (χ2n) is 8.56. The normalized spacial score (nSPS) is 28.6. The Morgan fingerprint density at radius 3 is 2.33 bits per heavy atom. The lowest BCUT2D eigenvalue weighted by molar-refractivity contribution is -0.144. The fourth-order valence-corrected chi connectivity index (χ4v) is 4.56. The van der Waals surface area contributed by atoms with Crippen LogP contribution in [0.25, 0.3) is 0 Å². The molecule has 0 bridgehead atoms. The Balaban J connectivity index is 1.91. The van der Waals surface area contributed by atoms with E-state index < -0.39 is 17.7 Å². The summed E-state index contributed by atoms with van der Waals surface area (Å²) in [5.41, 5.74) is -0.377. The molecule has 5 nitrogen and oxygen atoms in total. The molecular weight excluding hydrogens is 389 g/mol. The lowest BCUT2D eigenvalue weighted by Gasteiger charge is -2.46. The molecule has 7 heteroatoms. The van der Waals surface area contributed by atoms with Crippen molar-refractivity contribution >= 4 is 35.1 Å². The van der Waals surface area contributed by atoms with Gasteiger partial charge >= 0.3 is 5.97 Å². The van der Waals surface area contributed by atoms with Crippen molar-refractivity contribution in [2.45, 2.75) is 58.2 Å². The number of carbonyl (C=O) groups is 2. The van der Waals surface area contributed by atoms with Crippen LogP contribution in [0.4, 0.5) is 0 Å². The third-order valence-corrected chi connectivity index (χ3v) is 6.66. The molecule has 0 aromatic heterocycles. The summed E-state index contributed by atoms with van der Waals surface area (Å²) >= 11 is 12.0. The van der Waals surface area contributed by atoms with E-state index in [0.29, 0.717) is 29.3 Å². The summed E-state index contributed by atoms with van der Waals surface area (Å²) in [5, 5.41) is 10.3. The van der Waals surface area contributed by atoms with Crippen molar-refractivity contribution in [3.05, 3.63) is 33.8 Å². The van der Waals surface area contributed by atoms with Gasteiger partial charge in [-0.2, -0.15) is 0 Å². The van der Waals surface area contributed by atoms with E-state index in [4.69, 9.17) is 27.9 Å². The molecule has 1 aliphatic heterocycles. The van der Waals surface area contributed by atoms with E-state index in [-0.39, 0.29) is 23.0 Å². The third-order valence-electron chi connectivity index (χ3n) is 5.92. The van der Waals surface area contributed by atoms with E-state index in [2.05, 4.69) is 20.8 Å². The number of halogens is 2. The average Bonchev–Trinajstić information content (AvgIpc) is 2.95. The highest BCUT2D eigenvalue weighted by Gasteiger charge is 2.54. The van der Waals surface area contributed by atoms with Gasteiger partial charge in [-0.3, -0.25) is 9.69 Å². The lowest BCUT2D eigenvalue weighted by atomic mass is 9.70. The van der Waals surface area contributed by atoms with Crippen LogP contribution in [-0.4, -0.2) is 40.3 Å². The molecule has 1 heterocycles. The number of hydrogen-bond donors (Lipinski definition) is 1. The molecule has 1 aromatic rings. The standard InChI is InChI=1S/C20H25Cl2NO4/c1-19(2,3)13-6-8-20(9-7-13)23(16(11-27-20)18(25)26)17(24)12-4-5-14(21)15(22)10-12/h4-5,10,13,16H,6-9,11H2,1-3H3,(H,25,26). The van der Waals surface area contributed by atoms with Crippen LogP contribution in [-0.2, 0) is 9.53 Å². The SMILES string of the molecule is CC(C)(C)C1CCC2(CC1)OCC(C(=O)O)N2C(=O)c1ccc(Cl)c(Cl)c1. The van der Waals surface area contributed by atoms with Gasteiger partial charge in [0.1, 0.15) is 5.72 Å². The Kier molecular flexibility index (Phi) is 5.50. The maximum absolute atomic E-state index is 13.3. The molecule has 148 valence electrons. The molecule has 1 saturated carbocycles. The van der Waals surface area contributed by atoms with E-state index >= 15 is 0 Å². The smallest absolute Gasteiger partial charge is 0.328 e. The number of carboxylic acids is 1. The maximum atomic E-state index is 13.3. The quantitative estimate of drug-likeness (QED) is 0.751. The van der Waals surface area contributed by atoms with Gasteiger partial charge < -0.3 is 9.84 Å². The van der Waals surface area contributed by atoms with Gasteiger partial charge in [0.25, 0.3) is 5.91 Å². The number of carbonyl (C=O) groups excluding carboxylic acids is 1. The topological polar surface area (TPSA) is 66.8 Å². The van der Waals surface area contributed by atoms with Crippen molar-refractivity contribution < 1.29 is 19.4 Å². The molecule has 1 N–H and O–H groups in total. The summed E-state index contributed by atoms with van der Waals surface area (Å²) in [6.07, 6.45) is 3.04. The van der Waals surface area contributed by atoms with E-state index in [1.54, 1.807) is 12.1 Å². The predicted molar refractivity (Wildman–Crippen MR) is 104 cm³/mol. The summed E-state index contributed by atoms with van der Waals surface area (Å²) in [7, 11) is 0. The lowest BCUT2D eigenvalue weighted by Crippen LogP contribution is -2.55. The second-order valence-corrected chi connectivity index (χ2v) is 9.37. The number of aliphatic carboxylic acids is 1. The van der Waals surface area contributed by atoms with Crippen molar-refractivity contribution in [2.24, 2.45) is 11.3 Å². The van der Waals surface area contributed by atoms with E-state index in [9.17, 15) is 14.7 Å². The Labute approximate surface area is 169 Å². The molecule has 3 rings (SSSR count). The molecule has 2 fully saturated rings. The second kappa shape index (κ2) is 7.26. The summed E-state index contributed by atoms with van der Waals surface area (Å²) in [6.45, 7) is 6.64. The van der Waals surface area contributed by atoms with Crippen LogP contribution in [0.5, 0.6) is 0 Å². The van der Waals surface area contributed by atoms with Gasteiger partial charge in [-0.25, -0.2) is 4.79 Å².